The van der Waals surface area contributed by atoms with Crippen LogP contribution in [0.3, 0.4) is 0 Å². The normalized spacial score (nSPS) is 20.1. The standard InChI is InChI=1S/C15H22FNO/c1-15(2,3)13-7-6-12(9-14(13)16)18-10-11-5-4-8-17-11/h6-7,9,11,17H,4-5,8,10H2,1-3H3/t11-/m1/s1. The Labute approximate surface area is 109 Å². The van der Waals surface area contributed by atoms with Crippen LogP contribution in [0.5, 0.6) is 5.75 Å². The SMILES string of the molecule is CC(C)(C)c1ccc(OC[C@H]2CCCN2)cc1F. The smallest absolute Gasteiger partial charge is 0.130 e. The third-order valence-electron chi connectivity index (χ3n) is 3.36. The Morgan fingerprint density at radius 2 is 2.17 bits per heavy atom. The summed E-state index contributed by atoms with van der Waals surface area (Å²) < 4.78 is 19.6. The second-order valence-corrected chi connectivity index (χ2v) is 6.00. The van der Waals surface area contributed by atoms with Crippen molar-refractivity contribution in [1.29, 1.82) is 0 Å². The molecule has 0 aliphatic carbocycles. The van der Waals surface area contributed by atoms with Crippen LogP contribution < -0.4 is 10.1 Å². The zero-order chi connectivity index (χ0) is 13.2. The summed E-state index contributed by atoms with van der Waals surface area (Å²) in [7, 11) is 0. The minimum Gasteiger partial charge on any atom is -0.492 e. The Morgan fingerprint density at radius 1 is 1.39 bits per heavy atom. The summed E-state index contributed by atoms with van der Waals surface area (Å²) in [6.45, 7) is 7.71. The van der Waals surface area contributed by atoms with E-state index in [4.69, 9.17) is 4.74 Å². The molecule has 1 heterocycles. The van der Waals surface area contributed by atoms with E-state index in [-0.39, 0.29) is 11.2 Å². The van der Waals surface area contributed by atoms with Crippen molar-refractivity contribution >= 4 is 0 Å². The summed E-state index contributed by atoms with van der Waals surface area (Å²) in [5, 5.41) is 3.36. The molecule has 1 aliphatic heterocycles. The summed E-state index contributed by atoms with van der Waals surface area (Å²) in [4.78, 5) is 0. The van der Waals surface area contributed by atoms with E-state index in [0.717, 1.165) is 18.5 Å². The van der Waals surface area contributed by atoms with Crippen LogP contribution in [0.2, 0.25) is 0 Å². The average molecular weight is 251 g/mol. The first kappa shape index (κ1) is 13.3. The van der Waals surface area contributed by atoms with Crippen LogP contribution in [0.15, 0.2) is 18.2 Å². The molecule has 1 fully saturated rings. The molecule has 100 valence electrons. The number of hydrogen-bond donors (Lipinski definition) is 1. The fourth-order valence-corrected chi connectivity index (χ4v) is 2.29. The first-order valence-corrected chi connectivity index (χ1v) is 6.63. The summed E-state index contributed by atoms with van der Waals surface area (Å²) in [6, 6.07) is 5.59. The van der Waals surface area contributed by atoms with Crippen molar-refractivity contribution in [2.24, 2.45) is 0 Å². The van der Waals surface area contributed by atoms with Gasteiger partial charge >= 0.3 is 0 Å². The summed E-state index contributed by atoms with van der Waals surface area (Å²) in [6.07, 6.45) is 2.34. The van der Waals surface area contributed by atoms with Crippen LogP contribution in [0.1, 0.15) is 39.2 Å². The molecule has 0 radical (unpaired) electrons. The monoisotopic (exact) mass is 251 g/mol. The highest BCUT2D eigenvalue weighted by atomic mass is 19.1. The van der Waals surface area contributed by atoms with E-state index in [2.05, 4.69) is 5.32 Å². The van der Waals surface area contributed by atoms with Gasteiger partial charge in [-0.05, 0) is 36.4 Å². The Balaban J connectivity index is 2.00. The van der Waals surface area contributed by atoms with E-state index in [1.54, 1.807) is 0 Å². The van der Waals surface area contributed by atoms with Gasteiger partial charge in [0.1, 0.15) is 18.2 Å². The first-order valence-electron chi connectivity index (χ1n) is 6.63. The molecule has 1 saturated heterocycles. The zero-order valence-electron chi connectivity index (χ0n) is 11.4. The molecule has 3 heteroatoms. The number of halogens is 1. The second kappa shape index (κ2) is 5.27. The maximum Gasteiger partial charge on any atom is 0.130 e. The van der Waals surface area contributed by atoms with Crippen LogP contribution >= 0.6 is 0 Å². The number of nitrogens with one attached hydrogen (secondary N) is 1. The number of hydrogen-bond acceptors (Lipinski definition) is 2. The van der Waals surface area contributed by atoms with Crippen molar-refractivity contribution in [3.63, 3.8) is 0 Å². The van der Waals surface area contributed by atoms with Crippen LogP contribution in [-0.4, -0.2) is 19.2 Å². The molecule has 2 nitrogen and oxygen atoms in total. The van der Waals surface area contributed by atoms with Crippen molar-refractivity contribution in [2.75, 3.05) is 13.2 Å². The minimum absolute atomic E-state index is 0.171. The molecule has 0 saturated carbocycles. The average Bonchev–Trinajstić information content (AvgIpc) is 2.77. The maximum atomic E-state index is 14.0. The molecule has 0 amide bonds. The third kappa shape index (κ3) is 3.22. The van der Waals surface area contributed by atoms with Crippen molar-refractivity contribution < 1.29 is 9.13 Å². The topological polar surface area (TPSA) is 21.3 Å². The molecule has 1 aromatic rings. The molecule has 2 rings (SSSR count). The predicted octanol–water partition coefficient (Wildman–Crippen LogP) is 3.25. The van der Waals surface area contributed by atoms with Gasteiger partial charge in [0.05, 0.1) is 0 Å². The van der Waals surface area contributed by atoms with Crippen LogP contribution in [0.25, 0.3) is 0 Å². The van der Waals surface area contributed by atoms with Gasteiger partial charge in [0.25, 0.3) is 0 Å². The number of rotatable bonds is 3. The van der Waals surface area contributed by atoms with Gasteiger partial charge in [0, 0.05) is 12.1 Å². The lowest BCUT2D eigenvalue weighted by Crippen LogP contribution is -2.28. The Bertz CT molecular complexity index is 405. The van der Waals surface area contributed by atoms with Gasteiger partial charge in [-0.2, -0.15) is 0 Å². The van der Waals surface area contributed by atoms with Crippen molar-refractivity contribution in [3.05, 3.63) is 29.6 Å². The van der Waals surface area contributed by atoms with E-state index < -0.39 is 0 Å². The van der Waals surface area contributed by atoms with Gasteiger partial charge in [-0.1, -0.05) is 26.8 Å². The molecule has 1 aromatic carbocycles. The van der Waals surface area contributed by atoms with E-state index in [1.165, 1.54) is 12.5 Å². The highest BCUT2D eigenvalue weighted by Gasteiger charge is 2.19. The van der Waals surface area contributed by atoms with Crippen LogP contribution in [0, 0.1) is 5.82 Å². The van der Waals surface area contributed by atoms with Gasteiger partial charge in [-0.25, -0.2) is 4.39 Å². The molecule has 1 atom stereocenters. The molecule has 0 unspecified atom stereocenters. The Morgan fingerprint density at radius 3 is 2.72 bits per heavy atom. The Hall–Kier alpha value is -1.09. The number of ether oxygens (including phenoxy) is 1. The quantitative estimate of drug-likeness (QED) is 0.890. The molecule has 0 aromatic heterocycles. The lowest BCUT2D eigenvalue weighted by molar-refractivity contribution is 0.275. The lowest BCUT2D eigenvalue weighted by Gasteiger charge is -2.20. The van der Waals surface area contributed by atoms with Crippen LogP contribution in [-0.2, 0) is 5.41 Å². The fourth-order valence-electron chi connectivity index (χ4n) is 2.29. The Kier molecular flexibility index (Phi) is 3.91. The fraction of sp³-hybridized carbons (Fsp3) is 0.600. The predicted molar refractivity (Wildman–Crippen MR) is 71.6 cm³/mol. The molecule has 18 heavy (non-hydrogen) atoms. The second-order valence-electron chi connectivity index (χ2n) is 6.00. The molecule has 0 spiro atoms. The largest absolute Gasteiger partial charge is 0.492 e. The highest BCUT2D eigenvalue weighted by molar-refractivity contribution is 5.32. The van der Waals surface area contributed by atoms with Crippen molar-refractivity contribution in [1.82, 2.24) is 5.32 Å². The van der Waals surface area contributed by atoms with Gasteiger partial charge < -0.3 is 10.1 Å². The van der Waals surface area contributed by atoms with E-state index >= 15 is 0 Å². The highest BCUT2D eigenvalue weighted by Crippen LogP contribution is 2.27. The van der Waals surface area contributed by atoms with Gasteiger partial charge in [-0.15, -0.1) is 0 Å². The number of benzene rings is 1. The van der Waals surface area contributed by atoms with Crippen LogP contribution in [0.4, 0.5) is 4.39 Å². The van der Waals surface area contributed by atoms with E-state index in [0.29, 0.717) is 18.4 Å². The lowest BCUT2D eigenvalue weighted by atomic mass is 9.87. The summed E-state index contributed by atoms with van der Waals surface area (Å²) in [5.74, 6) is 0.439. The summed E-state index contributed by atoms with van der Waals surface area (Å²) in [5.41, 5.74) is 0.559. The van der Waals surface area contributed by atoms with Gasteiger partial charge in [0.2, 0.25) is 0 Å². The molecule has 1 aliphatic rings. The molecular weight excluding hydrogens is 229 g/mol. The first-order chi connectivity index (χ1) is 8.47. The van der Waals surface area contributed by atoms with E-state index in [9.17, 15) is 4.39 Å². The van der Waals surface area contributed by atoms with Crippen molar-refractivity contribution in [2.45, 2.75) is 45.1 Å². The molecule has 1 N–H and O–H groups in total. The van der Waals surface area contributed by atoms with Gasteiger partial charge in [0.15, 0.2) is 0 Å². The molecule has 0 bridgehead atoms. The van der Waals surface area contributed by atoms with Gasteiger partial charge in [-0.3, -0.25) is 0 Å². The third-order valence-corrected chi connectivity index (χ3v) is 3.36. The van der Waals surface area contributed by atoms with Crippen molar-refractivity contribution in [3.8, 4) is 5.75 Å². The minimum atomic E-state index is -0.181. The van der Waals surface area contributed by atoms with E-state index in [1.807, 2.05) is 32.9 Å². The maximum absolute atomic E-state index is 14.0. The molecular formula is C15H22FNO. The summed E-state index contributed by atoms with van der Waals surface area (Å²) >= 11 is 0. The zero-order valence-corrected chi connectivity index (χ0v) is 11.4.